The lowest BCUT2D eigenvalue weighted by atomic mass is 9.98. The van der Waals surface area contributed by atoms with E-state index in [0.29, 0.717) is 6.04 Å². The van der Waals surface area contributed by atoms with Gasteiger partial charge in [0, 0.05) is 18.2 Å². The smallest absolute Gasteiger partial charge is 0.0727 e. The third-order valence-corrected chi connectivity index (χ3v) is 3.56. The van der Waals surface area contributed by atoms with Gasteiger partial charge in [-0.05, 0) is 43.5 Å². The maximum atomic E-state index is 6.06. The predicted molar refractivity (Wildman–Crippen MR) is 82.9 cm³/mol. The van der Waals surface area contributed by atoms with Crippen LogP contribution < -0.4 is 5.32 Å². The minimum Gasteiger partial charge on any atom is -0.380 e. The average Bonchev–Trinajstić information content (AvgIpc) is 2.41. The molecule has 0 saturated heterocycles. The highest BCUT2D eigenvalue weighted by Crippen LogP contribution is 2.16. The summed E-state index contributed by atoms with van der Waals surface area (Å²) in [6.07, 6.45) is 4.57. The molecule has 0 saturated carbocycles. The fourth-order valence-corrected chi connectivity index (χ4v) is 2.56. The van der Waals surface area contributed by atoms with Gasteiger partial charge in [0.25, 0.3) is 0 Å². The summed E-state index contributed by atoms with van der Waals surface area (Å²) < 4.78 is 5.66. The van der Waals surface area contributed by atoms with Gasteiger partial charge in [-0.25, -0.2) is 0 Å². The fraction of sp³-hybridized carbons (Fsp3) is 0.625. The molecule has 0 radical (unpaired) electrons. The Morgan fingerprint density at radius 3 is 2.63 bits per heavy atom. The topological polar surface area (TPSA) is 21.3 Å². The summed E-state index contributed by atoms with van der Waals surface area (Å²) in [5.41, 5.74) is 1.26. The molecule has 0 aliphatic rings. The molecule has 0 bridgehead atoms. The number of hydrogen-bond donors (Lipinski definition) is 1. The number of halogens is 1. The summed E-state index contributed by atoms with van der Waals surface area (Å²) in [6, 6.07) is 8.45. The Hall–Kier alpha value is -0.570. The van der Waals surface area contributed by atoms with Gasteiger partial charge in [-0.2, -0.15) is 0 Å². The van der Waals surface area contributed by atoms with E-state index in [1.165, 1.54) is 5.56 Å². The summed E-state index contributed by atoms with van der Waals surface area (Å²) in [5.74, 6) is 0. The van der Waals surface area contributed by atoms with Crippen molar-refractivity contribution in [1.29, 1.82) is 0 Å². The molecule has 1 rings (SSSR count). The molecule has 2 nitrogen and oxygen atoms in total. The average molecular weight is 284 g/mol. The Bertz CT molecular complexity index is 356. The second kappa shape index (κ2) is 9.35. The van der Waals surface area contributed by atoms with Crippen LogP contribution in [-0.2, 0) is 11.2 Å². The van der Waals surface area contributed by atoms with Crippen LogP contribution in [0.3, 0.4) is 0 Å². The summed E-state index contributed by atoms with van der Waals surface area (Å²) in [5, 5.41) is 4.41. The van der Waals surface area contributed by atoms with E-state index in [-0.39, 0.29) is 6.10 Å². The lowest BCUT2D eigenvalue weighted by Gasteiger charge is -2.27. The van der Waals surface area contributed by atoms with Gasteiger partial charge < -0.3 is 10.1 Å². The number of hydrogen-bond acceptors (Lipinski definition) is 2. The van der Waals surface area contributed by atoms with E-state index in [4.69, 9.17) is 16.3 Å². The normalized spacial score (nSPS) is 14.3. The highest BCUT2D eigenvalue weighted by atomic mass is 35.5. The maximum Gasteiger partial charge on any atom is 0.0727 e. The van der Waals surface area contributed by atoms with Crippen LogP contribution in [0.5, 0.6) is 0 Å². The number of nitrogens with one attached hydrogen (secondary N) is 1. The quantitative estimate of drug-likeness (QED) is 0.738. The van der Waals surface area contributed by atoms with Crippen LogP contribution in [0.4, 0.5) is 0 Å². The van der Waals surface area contributed by atoms with Crippen molar-refractivity contribution in [3.8, 4) is 0 Å². The van der Waals surface area contributed by atoms with Crippen molar-refractivity contribution in [3.05, 3.63) is 34.9 Å². The molecule has 0 amide bonds. The van der Waals surface area contributed by atoms with Crippen molar-refractivity contribution in [1.82, 2.24) is 5.32 Å². The molecule has 0 heterocycles. The largest absolute Gasteiger partial charge is 0.380 e. The van der Waals surface area contributed by atoms with Gasteiger partial charge in [0.1, 0.15) is 0 Å². The van der Waals surface area contributed by atoms with Crippen molar-refractivity contribution in [2.24, 2.45) is 0 Å². The number of methoxy groups -OCH3 is 1. The Morgan fingerprint density at radius 1 is 1.26 bits per heavy atom. The Balaban J connectivity index is 2.72. The monoisotopic (exact) mass is 283 g/mol. The first-order valence-electron chi connectivity index (χ1n) is 7.21. The number of ether oxygens (including phenoxy) is 1. The van der Waals surface area contributed by atoms with E-state index in [1.54, 1.807) is 7.11 Å². The lowest BCUT2D eigenvalue weighted by Crippen LogP contribution is -2.43. The molecule has 0 aliphatic heterocycles. The van der Waals surface area contributed by atoms with E-state index >= 15 is 0 Å². The van der Waals surface area contributed by atoms with Gasteiger partial charge in [0.2, 0.25) is 0 Å². The van der Waals surface area contributed by atoms with Crippen LogP contribution in [0.15, 0.2) is 24.3 Å². The molecule has 2 unspecified atom stereocenters. The molecule has 108 valence electrons. The number of rotatable bonds is 9. The van der Waals surface area contributed by atoms with Crippen LogP contribution in [0.2, 0.25) is 5.02 Å². The van der Waals surface area contributed by atoms with Gasteiger partial charge in [-0.15, -0.1) is 0 Å². The summed E-state index contributed by atoms with van der Waals surface area (Å²) in [6.45, 7) is 5.40. The Morgan fingerprint density at radius 2 is 2.05 bits per heavy atom. The zero-order valence-electron chi connectivity index (χ0n) is 12.3. The van der Waals surface area contributed by atoms with E-state index in [9.17, 15) is 0 Å². The van der Waals surface area contributed by atoms with E-state index in [1.807, 2.05) is 18.2 Å². The van der Waals surface area contributed by atoms with Crippen molar-refractivity contribution in [3.63, 3.8) is 0 Å². The molecule has 19 heavy (non-hydrogen) atoms. The first kappa shape index (κ1) is 16.5. The predicted octanol–water partition coefficient (Wildman–Crippen LogP) is 4.07. The molecule has 1 aromatic rings. The van der Waals surface area contributed by atoms with Crippen molar-refractivity contribution in [2.45, 2.75) is 51.7 Å². The van der Waals surface area contributed by atoms with Gasteiger partial charge in [-0.1, -0.05) is 44.0 Å². The zero-order chi connectivity index (χ0) is 14.1. The van der Waals surface area contributed by atoms with Crippen molar-refractivity contribution >= 4 is 11.6 Å². The summed E-state index contributed by atoms with van der Waals surface area (Å²) >= 11 is 6.06. The van der Waals surface area contributed by atoms with Crippen LogP contribution in [0.1, 0.15) is 38.7 Å². The molecule has 0 fully saturated rings. The minimum atomic E-state index is 0.260. The minimum absolute atomic E-state index is 0.260. The molecule has 1 N–H and O–H groups in total. The molecule has 1 aromatic carbocycles. The molecular weight excluding hydrogens is 258 g/mol. The van der Waals surface area contributed by atoms with Gasteiger partial charge in [0.05, 0.1) is 6.10 Å². The van der Waals surface area contributed by atoms with Crippen LogP contribution in [0.25, 0.3) is 0 Å². The second-order valence-corrected chi connectivity index (χ2v) is 5.39. The Labute approximate surface area is 122 Å². The highest BCUT2D eigenvalue weighted by molar-refractivity contribution is 6.30. The lowest BCUT2D eigenvalue weighted by molar-refractivity contribution is 0.0609. The van der Waals surface area contributed by atoms with Crippen molar-refractivity contribution < 1.29 is 4.74 Å². The standard InChI is InChI=1S/C16H26ClNO/c1-4-7-16(19-3)15(18-10-5-2)12-13-8-6-9-14(17)11-13/h6,8-9,11,15-16,18H,4-5,7,10,12H2,1-3H3. The molecule has 0 spiro atoms. The van der Waals surface area contributed by atoms with E-state index in [2.05, 4.69) is 25.2 Å². The zero-order valence-corrected chi connectivity index (χ0v) is 13.0. The van der Waals surface area contributed by atoms with Crippen LogP contribution >= 0.6 is 11.6 Å². The van der Waals surface area contributed by atoms with Crippen LogP contribution in [0, 0.1) is 0 Å². The fourth-order valence-electron chi connectivity index (χ4n) is 2.35. The summed E-state index contributed by atoms with van der Waals surface area (Å²) in [4.78, 5) is 0. The molecular formula is C16H26ClNO. The molecule has 3 heteroatoms. The third kappa shape index (κ3) is 5.94. The third-order valence-electron chi connectivity index (χ3n) is 3.33. The van der Waals surface area contributed by atoms with Gasteiger partial charge in [-0.3, -0.25) is 0 Å². The van der Waals surface area contributed by atoms with Gasteiger partial charge >= 0.3 is 0 Å². The first-order chi connectivity index (χ1) is 9.21. The van der Waals surface area contributed by atoms with E-state index in [0.717, 1.165) is 37.3 Å². The first-order valence-corrected chi connectivity index (χ1v) is 7.59. The number of benzene rings is 1. The van der Waals surface area contributed by atoms with Crippen molar-refractivity contribution in [2.75, 3.05) is 13.7 Å². The van der Waals surface area contributed by atoms with Gasteiger partial charge in [0.15, 0.2) is 0 Å². The second-order valence-electron chi connectivity index (χ2n) is 4.96. The summed E-state index contributed by atoms with van der Waals surface area (Å²) in [7, 11) is 1.80. The Kier molecular flexibility index (Phi) is 8.11. The maximum absolute atomic E-state index is 6.06. The molecule has 0 aromatic heterocycles. The SMILES string of the molecule is CCCNC(Cc1cccc(Cl)c1)C(CCC)OC. The molecule has 0 aliphatic carbocycles. The molecule has 2 atom stereocenters. The highest BCUT2D eigenvalue weighted by Gasteiger charge is 2.20. The van der Waals surface area contributed by atoms with E-state index < -0.39 is 0 Å². The van der Waals surface area contributed by atoms with Crippen LogP contribution in [-0.4, -0.2) is 25.8 Å².